The summed E-state index contributed by atoms with van der Waals surface area (Å²) < 4.78 is 43.6. The van der Waals surface area contributed by atoms with E-state index in [9.17, 15) is 22.8 Å². The number of nitrogens with zero attached hydrogens (tertiary/aromatic N) is 3. The summed E-state index contributed by atoms with van der Waals surface area (Å²) in [5.41, 5.74) is 7.15. The Morgan fingerprint density at radius 3 is 2.27 bits per heavy atom. The number of amides is 1. The van der Waals surface area contributed by atoms with E-state index in [0.717, 1.165) is 25.8 Å². The van der Waals surface area contributed by atoms with Crippen LogP contribution in [-0.2, 0) is 14.4 Å². The first-order chi connectivity index (χ1) is 21.7. The molecule has 1 amide bonds. The summed E-state index contributed by atoms with van der Waals surface area (Å²) in [6.07, 6.45) is 10.1. The Kier molecular flexibility index (Phi) is 11.0. The third-order valence-corrected chi connectivity index (χ3v) is 9.22. The molecule has 244 valence electrons. The first-order valence-electron chi connectivity index (χ1n) is 16.3. The number of benzene rings is 2. The number of hydrogen-bond donors (Lipinski definition) is 1. The molecule has 1 heterocycles. The number of hydrogen-bond acceptors (Lipinski definition) is 6. The molecular weight excluding hydrogens is 585 g/mol. The predicted molar refractivity (Wildman–Crippen MR) is 166 cm³/mol. The number of anilines is 1. The van der Waals surface area contributed by atoms with Gasteiger partial charge in [-0.3, -0.25) is 9.69 Å². The minimum atomic E-state index is -5.20. The maximum Gasteiger partial charge on any atom is 0.493 e. The SMILES string of the molecule is N/C(=N\OC(=O)C(F)(F)F)c1cccc(C2Oc3ccccc3N(CCCCCN(C3CCCCC3)C3CCCCC3)C2=O)c1. The maximum absolute atomic E-state index is 13.8. The van der Waals surface area contributed by atoms with Gasteiger partial charge in [-0.05, 0) is 63.3 Å². The van der Waals surface area contributed by atoms with Crippen LogP contribution in [0.2, 0.25) is 0 Å². The van der Waals surface area contributed by atoms with Crippen LogP contribution in [-0.4, -0.2) is 54.0 Å². The number of fused-ring (bicyclic) bond motifs is 1. The number of carbonyl (C=O) groups is 2. The van der Waals surface area contributed by atoms with Crippen molar-refractivity contribution < 1.29 is 32.3 Å². The van der Waals surface area contributed by atoms with Crippen LogP contribution in [0.4, 0.5) is 18.9 Å². The molecule has 1 atom stereocenters. The number of alkyl halides is 3. The summed E-state index contributed by atoms with van der Waals surface area (Å²) >= 11 is 0. The van der Waals surface area contributed by atoms with Gasteiger partial charge in [0.1, 0.15) is 5.75 Å². The molecule has 2 fully saturated rings. The van der Waals surface area contributed by atoms with E-state index < -0.39 is 24.1 Å². The van der Waals surface area contributed by atoms with E-state index >= 15 is 0 Å². The molecule has 3 aliphatic rings. The van der Waals surface area contributed by atoms with Crippen LogP contribution in [0, 0.1) is 0 Å². The number of ether oxygens (including phenoxy) is 1. The number of unbranched alkanes of at least 4 members (excludes halogenated alkanes) is 2. The monoisotopic (exact) mass is 628 g/mol. The second kappa shape index (κ2) is 15.1. The Morgan fingerprint density at radius 1 is 0.933 bits per heavy atom. The van der Waals surface area contributed by atoms with Gasteiger partial charge in [0.2, 0.25) is 6.10 Å². The fourth-order valence-corrected chi connectivity index (χ4v) is 6.94. The number of amidine groups is 1. The molecule has 0 spiro atoms. The lowest BCUT2D eigenvalue weighted by atomic mass is 9.88. The summed E-state index contributed by atoms with van der Waals surface area (Å²) in [5.74, 6) is -2.59. The smallest absolute Gasteiger partial charge is 0.474 e. The molecule has 2 aliphatic carbocycles. The Labute approximate surface area is 262 Å². The van der Waals surface area contributed by atoms with Gasteiger partial charge in [-0.25, -0.2) is 4.79 Å². The number of halogens is 3. The van der Waals surface area contributed by atoms with Crippen molar-refractivity contribution in [2.45, 2.75) is 108 Å². The lowest BCUT2D eigenvalue weighted by molar-refractivity contribution is -0.199. The Morgan fingerprint density at radius 2 is 1.60 bits per heavy atom. The van der Waals surface area contributed by atoms with Crippen molar-refractivity contribution in [2.75, 3.05) is 18.0 Å². The summed E-state index contributed by atoms with van der Waals surface area (Å²) in [6, 6.07) is 15.1. The summed E-state index contributed by atoms with van der Waals surface area (Å²) in [7, 11) is 0. The van der Waals surface area contributed by atoms with E-state index in [-0.39, 0.29) is 11.5 Å². The van der Waals surface area contributed by atoms with Crippen LogP contribution < -0.4 is 15.4 Å². The molecule has 0 bridgehead atoms. The van der Waals surface area contributed by atoms with Crippen LogP contribution in [0.25, 0.3) is 0 Å². The molecule has 45 heavy (non-hydrogen) atoms. The van der Waals surface area contributed by atoms with Crippen molar-refractivity contribution in [1.29, 1.82) is 0 Å². The predicted octanol–water partition coefficient (Wildman–Crippen LogP) is 7.02. The summed E-state index contributed by atoms with van der Waals surface area (Å²) in [5, 5.41) is 3.13. The average Bonchev–Trinajstić information content (AvgIpc) is 3.06. The molecular formula is C34H43F3N4O4. The second-order valence-corrected chi connectivity index (χ2v) is 12.3. The minimum Gasteiger partial charge on any atom is -0.474 e. The van der Waals surface area contributed by atoms with E-state index in [1.165, 1.54) is 76.3 Å². The van der Waals surface area contributed by atoms with Gasteiger partial charge in [-0.1, -0.05) is 80.4 Å². The summed E-state index contributed by atoms with van der Waals surface area (Å²) in [4.78, 5) is 33.4. The highest BCUT2D eigenvalue weighted by Gasteiger charge is 2.42. The average molecular weight is 629 g/mol. The Balaban J connectivity index is 1.23. The number of rotatable bonds is 11. The maximum atomic E-state index is 13.8. The van der Waals surface area contributed by atoms with Gasteiger partial charge in [0.15, 0.2) is 5.84 Å². The van der Waals surface area contributed by atoms with Gasteiger partial charge in [-0.15, -0.1) is 0 Å². The molecule has 0 radical (unpaired) electrons. The fraction of sp³-hybridized carbons (Fsp3) is 0.559. The topological polar surface area (TPSA) is 97.5 Å². The van der Waals surface area contributed by atoms with Crippen molar-refractivity contribution in [3.8, 4) is 5.75 Å². The van der Waals surface area contributed by atoms with E-state index in [1.807, 2.05) is 24.3 Å². The molecule has 0 saturated heterocycles. The van der Waals surface area contributed by atoms with Gasteiger partial charge in [0, 0.05) is 29.8 Å². The third kappa shape index (κ3) is 8.36. The molecule has 2 saturated carbocycles. The Bertz CT molecular complexity index is 1320. The standard InChI is InChI=1S/C34H43F3N4O4/c35-34(36,37)33(43)45-39-31(38)25-14-12-13-24(23-25)30-32(42)41(28-19-8-9-20-29(28)44-30)22-11-3-10-21-40(26-15-4-1-5-16-26)27-17-6-2-7-18-27/h8-9,12-14,19-20,23,26-27,30H,1-7,10-11,15-18,21-22H2,(H2,38,39). The van der Waals surface area contributed by atoms with Gasteiger partial charge in [0.25, 0.3) is 5.91 Å². The van der Waals surface area contributed by atoms with Crippen LogP contribution in [0.5, 0.6) is 5.75 Å². The number of oxime groups is 1. The molecule has 8 nitrogen and oxygen atoms in total. The normalized spacial score (nSPS) is 20.2. The zero-order chi connectivity index (χ0) is 31.8. The molecule has 5 rings (SSSR count). The zero-order valence-corrected chi connectivity index (χ0v) is 25.6. The van der Waals surface area contributed by atoms with Crippen molar-refractivity contribution in [1.82, 2.24) is 4.90 Å². The Hall–Kier alpha value is -3.60. The van der Waals surface area contributed by atoms with Crippen molar-refractivity contribution in [3.05, 3.63) is 59.7 Å². The lowest BCUT2D eigenvalue weighted by Gasteiger charge is -2.42. The third-order valence-electron chi connectivity index (χ3n) is 9.22. The molecule has 2 aromatic carbocycles. The van der Waals surface area contributed by atoms with E-state index in [2.05, 4.69) is 14.9 Å². The van der Waals surface area contributed by atoms with E-state index in [4.69, 9.17) is 10.5 Å². The molecule has 1 aliphatic heterocycles. The van der Waals surface area contributed by atoms with Crippen LogP contribution >= 0.6 is 0 Å². The van der Waals surface area contributed by atoms with Crippen molar-refractivity contribution >= 4 is 23.4 Å². The van der Waals surface area contributed by atoms with Gasteiger partial charge in [0.05, 0.1) is 5.69 Å². The molecule has 0 aromatic heterocycles. The quantitative estimate of drug-likeness (QED) is 0.0945. The van der Waals surface area contributed by atoms with E-state index in [1.54, 1.807) is 17.0 Å². The molecule has 11 heteroatoms. The molecule has 2 aromatic rings. The van der Waals surface area contributed by atoms with E-state index in [0.29, 0.717) is 35.6 Å². The van der Waals surface area contributed by atoms with Crippen LogP contribution in [0.3, 0.4) is 0 Å². The first-order valence-corrected chi connectivity index (χ1v) is 16.3. The number of carbonyl (C=O) groups excluding carboxylic acids is 2. The highest BCUT2D eigenvalue weighted by molar-refractivity contribution is 6.01. The zero-order valence-electron chi connectivity index (χ0n) is 25.6. The largest absolute Gasteiger partial charge is 0.493 e. The van der Waals surface area contributed by atoms with Crippen molar-refractivity contribution in [3.63, 3.8) is 0 Å². The fourth-order valence-electron chi connectivity index (χ4n) is 6.94. The molecule has 1 unspecified atom stereocenters. The second-order valence-electron chi connectivity index (χ2n) is 12.3. The number of nitrogens with two attached hydrogens (primary N) is 1. The minimum absolute atomic E-state index is 0.185. The van der Waals surface area contributed by atoms with Gasteiger partial charge >= 0.3 is 12.1 Å². The van der Waals surface area contributed by atoms with Gasteiger partial charge in [-0.2, -0.15) is 13.2 Å². The highest BCUT2D eigenvalue weighted by atomic mass is 19.4. The first kappa shape index (κ1) is 32.8. The lowest BCUT2D eigenvalue weighted by Crippen LogP contribution is -2.45. The van der Waals surface area contributed by atoms with Crippen molar-refractivity contribution in [2.24, 2.45) is 10.9 Å². The molecule has 2 N–H and O–H groups in total. The van der Waals surface area contributed by atoms with Crippen LogP contribution in [0.15, 0.2) is 53.7 Å². The van der Waals surface area contributed by atoms with Crippen LogP contribution in [0.1, 0.15) is 101 Å². The summed E-state index contributed by atoms with van der Waals surface area (Å²) in [6.45, 7) is 1.65. The highest BCUT2D eigenvalue weighted by Crippen LogP contribution is 2.39. The number of para-hydroxylation sites is 2. The van der Waals surface area contributed by atoms with Gasteiger partial charge < -0.3 is 20.2 Å².